The number of aromatic nitrogens is 2. The number of benzene rings is 2. The predicted octanol–water partition coefficient (Wildman–Crippen LogP) is 4.39. The van der Waals surface area contributed by atoms with Crippen molar-refractivity contribution in [3.8, 4) is 11.1 Å². The molecule has 27 heavy (non-hydrogen) atoms. The second-order valence-corrected chi connectivity index (χ2v) is 6.27. The molecule has 0 aliphatic carbocycles. The molecule has 1 amide bonds. The van der Waals surface area contributed by atoms with Gasteiger partial charge < -0.3 is 4.90 Å². The molecule has 2 heterocycles. The minimum Gasteiger partial charge on any atom is -0.330 e. The van der Waals surface area contributed by atoms with Gasteiger partial charge in [-0.1, -0.05) is 30.3 Å². The van der Waals surface area contributed by atoms with Gasteiger partial charge in [0.05, 0.1) is 0 Å². The third-order valence-corrected chi connectivity index (χ3v) is 4.53. The first-order valence-corrected chi connectivity index (χ1v) is 8.11. The Balaban J connectivity index is 1.59. The lowest BCUT2D eigenvalue weighted by Gasteiger charge is -2.16. The predicted molar refractivity (Wildman–Crippen MR) is 89.0 cm³/mol. The third kappa shape index (κ3) is 3.07. The Kier molecular flexibility index (Phi) is 3.98. The average molecular weight is 375 g/mol. The quantitative estimate of drug-likeness (QED) is 0.691. The maximum absolute atomic E-state index is 14.5. The fraction of sp³-hybridized carbons (Fsp3) is 0.158. The van der Waals surface area contributed by atoms with Crippen LogP contribution in [-0.4, -0.2) is 21.0 Å². The molecule has 2 aromatic carbocycles. The highest BCUT2D eigenvalue weighted by atomic mass is 19.4. The molecule has 1 N–H and O–H groups in total. The second kappa shape index (κ2) is 6.22. The van der Waals surface area contributed by atoms with Gasteiger partial charge in [0, 0.05) is 36.0 Å². The fourth-order valence-corrected chi connectivity index (χ4v) is 3.22. The minimum absolute atomic E-state index is 0.0388. The monoisotopic (exact) mass is 375 g/mol. The molecule has 0 radical (unpaired) electrons. The summed E-state index contributed by atoms with van der Waals surface area (Å²) >= 11 is 0. The summed E-state index contributed by atoms with van der Waals surface area (Å²) in [5, 5.41) is 5.37. The van der Waals surface area contributed by atoms with Crippen molar-refractivity contribution in [3.63, 3.8) is 0 Å². The largest absolute Gasteiger partial charge is 0.435 e. The maximum atomic E-state index is 14.5. The van der Waals surface area contributed by atoms with Crippen molar-refractivity contribution in [1.29, 1.82) is 0 Å². The van der Waals surface area contributed by atoms with Crippen molar-refractivity contribution in [2.45, 2.75) is 19.3 Å². The number of aromatic amines is 1. The zero-order valence-corrected chi connectivity index (χ0v) is 13.8. The van der Waals surface area contributed by atoms with Gasteiger partial charge in [-0.3, -0.25) is 9.89 Å². The number of fused-ring (bicyclic) bond motifs is 1. The van der Waals surface area contributed by atoms with Gasteiger partial charge in [0.15, 0.2) is 5.69 Å². The molecular formula is C19H13F4N3O. The van der Waals surface area contributed by atoms with Crippen molar-refractivity contribution in [2.75, 3.05) is 0 Å². The van der Waals surface area contributed by atoms with Crippen LogP contribution in [-0.2, 0) is 19.3 Å². The number of amides is 1. The lowest BCUT2D eigenvalue weighted by Crippen LogP contribution is -2.23. The number of hydrogen-bond acceptors (Lipinski definition) is 2. The van der Waals surface area contributed by atoms with Gasteiger partial charge in [-0.25, -0.2) is 4.39 Å². The Hall–Kier alpha value is -3.16. The first-order valence-electron chi connectivity index (χ1n) is 8.11. The van der Waals surface area contributed by atoms with Gasteiger partial charge in [0.25, 0.3) is 5.91 Å². The van der Waals surface area contributed by atoms with Gasteiger partial charge in [-0.05, 0) is 23.3 Å². The van der Waals surface area contributed by atoms with E-state index in [4.69, 9.17) is 0 Å². The Morgan fingerprint density at radius 2 is 1.89 bits per heavy atom. The van der Waals surface area contributed by atoms with E-state index >= 15 is 0 Å². The van der Waals surface area contributed by atoms with E-state index in [0.29, 0.717) is 12.1 Å². The molecule has 138 valence electrons. The number of nitrogens with zero attached hydrogens (tertiary/aromatic N) is 2. The zero-order chi connectivity index (χ0) is 19.2. The molecule has 4 rings (SSSR count). The number of H-pyrrole nitrogens is 1. The van der Waals surface area contributed by atoms with E-state index in [-0.39, 0.29) is 29.1 Å². The van der Waals surface area contributed by atoms with Crippen LogP contribution < -0.4 is 0 Å². The number of carbonyl (C=O) groups excluding carboxylic acids is 1. The molecule has 0 atom stereocenters. The molecule has 1 aliphatic rings. The maximum Gasteiger partial charge on any atom is 0.435 e. The lowest BCUT2D eigenvalue weighted by molar-refractivity contribution is -0.140. The van der Waals surface area contributed by atoms with Crippen LogP contribution in [0.3, 0.4) is 0 Å². The van der Waals surface area contributed by atoms with E-state index in [2.05, 4.69) is 10.2 Å². The molecule has 0 fully saturated rings. The highest BCUT2D eigenvalue weighted by Crippen LogP contribution is 2.36. The van der Waals surface area contributed by atoms with Crippen molar-refractivity contribution in [3.05, 3.63) is 76.9 Å². The van der Waals surface area contributed by atoms with Gasteiger partial charge in [0.2, 0.25) is 0 Å². The summed E-state index contributed by atoms with van der Waals surface area (Å²) in [6.45, 7) is 0.410. The van der Waals surface area contributed by atoms with Crippen LogP contribution in [0.1, 0.15) is 27.2 Å². The van der Waals surface area contributed by atoms with Crippen LogP contribution in [0, 0.1) is 5.82 Å². The number of alkyl halides is 3. The first kappa shape index (κ1) is 17.3. The highest BCUT2D eigenvalue weighted by Gasteiger charge is 2.37. The number of carbonyl (C=O) groups is 1. The molecule has 0 spiro atoms. The summed E-state index contributed by atoms with van der Waals surface area (Å²) in [5.74, 6) is -0.867. The average Bonchev–Trinajstić information content (AvgIpc) is 3.23. The molecule has 4 nitrogen and oxygen atoms in total. The van der Waals surface area contributed by atoms with E-state index in [1.54, 1.807) is 12.1 Å². The summed E-state index contributed by atoms with van der Waals surface area (Å²) in [4.78, 5) is 13.9. The molecule has 8 heteroatoms. The van der Waals surface area contributed by atoms with E-state index in [0.717, 1.165) is 17.8 Å². The number of rotatable bonds is 3. The topological polar surface area (TPSA) is 49.0 Å². The second-order valence-electron chi connectivity index (χ2n) is 6.27. The summed E-state index contributed by atoms with van der Waals surface area (Å²) in [7, 11) is 0. The summed E-state index contributed by atoms with van der Waals surface area (Å²) in [6.07, 6.45) is -3.56. The zero-order valence-electron chi connectivity index (χ0n) is 13.8. The van der Waals surface area contributed by atoms with Crippen LogP contribution >= 0.6 is 0 Å². The van der Waals surface area contributed by atoms with E-state index in [1.165, 1.54) is 17.0 Å². The Morgan fingerprint density at radius 3 is 2.59 bits per heavy atom. The molecule has 1 aromatic heterocycles. The van der Waals surface area contributed by atoms with Crippen LogP contribution in [0.4, 0.5) is 17.6 Å². The standard InChI is InChI=1S/C19H13F4N3O/c20-16-7-11(15-8-24-25-17(15)19(21,22)23)5-6-13(16)10-26-9-12-3-1-2-4-14(12)18(26)27/h1-8H,9-10H2,(H,24,25). The number of halogens is 4. The Bertz CT molecular complexity index is 1030. The van der Waals surface area contributed by atoms with E-state index < -0.39 is 17.7 Å². The smallest absolute Gasteiger partial charge is 0.330 e. The SMILES string of the molecule is O=C1c2ccccc2CN1Cc1ccc(-c2c[nH]nc2C(F)(F)F)cc1F. The minimum atomic E-state index is -4.64. The third-order valence-electron chi connectivity index (χ3n) is 4.53. The summed E-state index contributed by atoms with van der Waals surface area (Å²) in [6, 6.07) is 11.0. The van der Waals surface area contributed by atoms with Crippen LogP contribution in [0.5, 0.6) is 0 Å². The van der Waals surface area contributed by atoms with E-state index in [9.17, 15) is 22.4 Å². The highest BCUT2D eigenvalue weighted by molar-refractivity contribution is 5.98. The van der Waals surface area contributed by atoms with Crippen LogP contribution in [0.2, 0.25) is 0 Å². The number of nitrogens with one attached hydrogen (secondary N) is 1. The van der Waals surface area contributed by atoms with Crippen LogP contribution in [0.15, 0.2) is 48.7 Å². The van der Waals surface area contributed by atoms with Gasteiger partial charge in [0.1, 0.15) is 5.82 Å². The molecule has 1 aliphatic heterocycles. The Morgan fingerprint density at radius 1 is 1.11 bits per heavy atom. The lowest BCUT2D eigenvalue weighted by atomic mass is 10.0. The van der Waals surface area contributed by atoms with Gasteiger partial charge >= 0.3 is 6.18 Å². The fourth-order valence-electron chi connectivity index (χ4n) is 3.22. The molecule has 0 saturated heterocycles. The molecule has 3 aromatic rings. The summed E-state index contributed by atoms with van der Waals surface area (Å²) < 4.78 is 53.4. The van der Waals surface area contributed by atoms with Crippen molar-refractivity contribution in [1.82, 2.24) is 15.1 Å². The van der Waals surface area contributed by atoms with Crippen molar-refractivity contribution in [2.24, 2.45) is 0 Å². The first-order chi connectivity index (χ1) is 12.8. The van der Waals surface area contributed by atoms with Gasteiger partial charge in [-0.2, -0.15) is 18.3 Å². The molecule has 0 unspecified atom stereocenters. The normalized spacial score (nSPS) is 13.9. The number of hydrogen-bond donors (Lipinski definition) is 1. The summed E-state index contributed by atoms with van der Waals surface area (Å²) in [5.41, 5.74) is 0.429. The van der Waals surface area contributed by atoms with Crippen LogP contribution in [0.25, 0.3) is 11.1 Å². The van der Waals surface area contributed by atoms with Gasteiger partial charge in [-0.15, -0.1) is 0 Å². The molecule has 0 saturated carbocycles. The molecular weight excluding hydrogens is 362 g/mol. The van der Waals surface area contributed by atoms with Crippen molar-refractivity contribution < 1.29 is 22.4 Å². The van der Waals surface area contributed by atoms with Crippen molar-refractivity contribution >= 4 is 5.91 Å². The van der Waals surface area contributed by atoms with E-state index in [1.807, 2.05) is 12.1 Å². The molecule has 0 bridgehead atoms. The Labute approximate surface area is 151 Å².